The second-order valence-electron chi connectivity index (χ2n) is 6.85. The van der Waals surface area contributed by atoms with Crippen LogP contribution < -0.4 is 10.6 Å². The smallest absolute Gasteiger partial charge is 0.321 e. The van der Waals surface area contributed by atoms with E-state index in [1.54, 1.807) is 0 Å². The van der Waals surface area contributed by atoms with E-state index in [1.165, 1.54) is 18.8 Å². The standard InChI is InChI=1S/C24H19BrN4O2S/c1-26-24(31)29-22(30)20(15-7-3-2-4-8-15)32-23-18-9-5-6-10-19(18)27-21(28-23)16-11-13-17(25)14-12-16/h2-14,20H,1H3,(H2,26,29,30,31)/t20-/m1/s1. The van der Waals surface area contributed by atoms with E-state index in [0.717, 1.165) is 26.5 Å². The first-order valence-electron chi connectivity index (χ1n) is 9.82. The van der Waals surface area contributed by atoms with E-state index in [9.17, 15) is 9.59 Å². The topological polar surface area (TPSA) is 84.0 Å². The van der Waals surface area contributed by atoms with E-state index < -0.39 is 17.2 Å². The molecule has 6 nitrogen and oxygen atoms in total. The Hall–Kier alpha value is -3.23. The highest BCUT2D eigenvalue weighted by molar-refractivity contribution is 9.10. The molecule has 3 aromatic carbocycles. The molecule has 2 N–H and O–H groups in total. The number of nitrogens with zero attached hydrogens (tertiary/aromatic N) is 2. The Morgan fingerprint density at radius 3 is 2.31 bits per heavy atom. The number of nitrogens with one attached hydrogen (secondary N) is 2. The van der Waals surface area contributed by atoms with Crippen LogP contribution in [0, 0.1) is 0 Å². The number of amides is 3. The van der Waals surface area contributed by atoms with Crippen molar-refractivity contribution >= 4 is 50.5 Å². The second-order valence-corrected chi connectivity index (χ2v) is 8.86. The molecule has 0 aliphatic carbocycles. The van der Waals surface area contributed by atoms with Gasteiger partial charge in [0.05, 0.1) is 5.52 Å². The largest absolute Gasteiger partial charge is 0.341 e. The molecule has 8 heteroatoms. The molecule has 4 rings (SSSR count). The van der Waals surface area contributed by atoms with Gasteiger partial charge in [0.1, 0.15) is 10.3 Å². The van der Waals surface area contributed by atoms with Crippen LogP contribution in [0.3, 0.4) is 0 Å². The predicted octanol–water partition coefficient (Wildman–Crippen LogP) is 5.35. The van der Waals surface area contributed by atoms with Gasteiger partial charge < -0.3 is 5.32 Å². The van der Waals surface area contributed by atoms with Crippen molar-refractivity contribution in [1.29, 1.82) is 0 Å². The number of carbonyl (C=O) groups excluding carboxylic acids is 2. The molecule has 160 valence electrons. The van der Waals surface area contributed by atoms with Gasteiger partial charge >= 0.3 is 6.03 Å². The maximum Gasteiger partial charge on any atom is 0.321 e. The van der Waals surface area contributed by atoms with Crippen LogP contribution in [-0.4, -0.2) is 29.0 Å². The van der Waals surface area contributed by atoms with Crippen molar-refractivity contribution in [1.82, 2.24) is 20.6 Å². The Morgan fingerprint density at radius 2 is 1.59 bits per heavy atom. The first-order valence-corrected chi connectivity index (χ1v) is 11.5. The first-order chi connectivity index (χ1) is 15.5. The number of benzene rings is 3. The third kappa shape index (κ3) is 4.98. The Bertz CT molecular complexity index is 1270. The minimum Gasteiger partial charge on any atom is -0.341 e. The van der Waals surface area contributed by atoms with Crippen LogP contribution >= 0.6 is 27.7 Å². The number of thioether (sulfide) groups is 1. The number of hydrogen-bond acceptors (Lipinski definition) is 5. The van der Waals surface area contributed by atoms with Crippen molar-refractivity contribution in [2.45, 2.75) is 10.3 Å². The minimum absolute atomic E-state index is 0.423. The number of halogens is 1. The molecule has 0 radical (unpaired) electrons. The average molecular weight is 507 g/mol. The van der Waals surface area contributed by atoms with Crippen LogP contribution in [0.5, 0.6) is 0 Å². The summed E-state index contributed by atoms with van der Waals surface area (Å²) in [5.74, 6) is 0.144. The van der Waals surface area contributed by atoms with Gasteiger partial charge in [-0.1, -0.05) is 88.4 Å². The fourth-order valence-electron chi connectivity index (χ4n) is 3.12. The summed E-state index contributed by atoms with van der Waals surface area (Å²) in [4.78, 5) is 34.3. The van der Waals surface area contributed by atoms with E-state index in [2.05, 4.69) is 26.6 Å². The molecule has 1 aromatic heterocycles. The van der Waals surface area contributed by atoms with E-state index in [4.69, 9.17) is 9.97 Å². The monoisotopic (exact) mass is 506 g/mol. The third-order valence-electron chi connectivity index (χ3n) is 4.70. The Balaban J connectivity index is 1.79. The van der Waals surface area contributed by atoms with Crippen LogP contribution in [0.1, 0.15) is 10.8 Å². The highest BCUT2D eigenvalue weighted by atomic mass is 79.9. The maximum atomic E-state index is 13.0. The van der Waals surface area contributed by atoms with Crippen LogP contribution in [-0.2, 0) is 4.79 Å². The van der Waals surface area contributed by atoms with Crippen LogP contribution in [0.4, 0.5) is 4.79 Å². The van der Waals surface area contributed by atoms with Crippen LogP contribution in [0.15, 0.2) is 88.4 Å². The molecule has 0 aliphatic heterocycles. The molecule has 3 amide bonds. The van der Waals surface area contributed by atoms with Gasteiger partial charge in [-0.2, -0.15) is 0 Å². The molecular formula is C24H19BrN4O2S. The number of imide groups is 1. The van der Waals surface area contributed by atoms with E-state index in [1.807, 2.05) is 78.9 Å². The molecular weight excluding hydrogens is 488 g/mol. The van der Waals surface area contributed by atoms with Gasteiger partial charge in [0.15, 0.2) is 5.82 Å². The molecule has 32 heavy (non-hydrogen) atoms. The van der Waals surface area contributed by atoms with Crippen molar-refractivity contribution in [2.24, 2.45) is 0 Å². The Morgan fingerprint density at radius 1 is 0.906 bits per heavy atom. The van der Waals surface area contributed by atoms with E-state index in [-0.39, 0.29) is 0 Å². The van der Waals surface area contributed by atoms with Gasteiger partial charge in [-0.15, -0.1) is 0 Å². The van der Waals surface area contributed by atoms with Gasteiger partial charge in [-0.25, -0.2) is 14.8 Å². The summed E-state index contributed by atoms with van der Waals surface area (Å²) in [7, 11) is 1.47. The third-order valence-corrected chi connectivity index (χ3v) is 6.49. The summed E-state index contributed by atoms with van der Waals surface area (Å²) in [5.41, 5.74) is 2.42. The quantitative estimate of drug-likeness (QED) is 0.281. The fourth-order valence-corrected chi connectivity index (χ4v) is 4.50. The molecule has 0 saturated heterocycles. The van der Waals surface area contributed by atoms with Gasteiger partial charge in [0.25, 0.3) is 0 Å². The average Bonchev–Trinajstić information content (AvgIpc) is 2.83. The van der Waals surface area contributed by atoms with Crippen molar-refractivity contribution in [3.63, 3.8) is 0 Å². The predicted molar refractivity (Wildman–Crippen MR) is 130 cm³/mol. The van der Waals surface area contributed by atoms with Crippen LogP contribution in [0.25, 0.3) is 22.3 Å². The number of carbonyl (C=O) groups is 2. The number of aromatic nitrogens is 2. The Labute approximate surface area is 198 Å². The number of fused-ring (bicyclic) bond motifs is 1. The van der Waals surface area contributed by atoms with Gasteiger partial charge in [-0.3, -0.25) is 10.1 Å². The second kappa shape index (κ2) is 9.93. The summed E-state index contributed by atoms with van der Waals surface area (Å²) < 4.78 is 0.964. The molecule has 0 fully saturated rings. The maximum absolute atomic E-state index is 13.0. The van der Waals surface area contributed by atoms with Crippen LogP contribution in [0.2, 0.25) is 0 Å². The van der Waals surface area contributed by atoms with Gasteiger partial charge in [0.2, 0.25) is 5.91 Å². The number of urea groups is 1. The van der Waals surface area contributed by atoms with Crippen molar-refractivity contribution in [2.75, 3.05) is 7.05 Å². The van der Waals surface area contributed by atoms with Crippen molar-refractivity contribution < 1.29 is 9.59 Å². The van der Waals surface area contributed by atoms with Crippen molar-refractivity contribution in [3.05, 3.63) is 88.9 Å². The first kappa shape index (κ1) is 22.0. The molecule has 4 aromatic rings. The lowest BCUT2D eigenvalue weighted by Gasteiger charge is -2.17. The molecule has 0 unspecified atom stereocenters. The zero-order valence-electron chi connectivity index (χ0n) is 17.1. The molecule has 0 spiro atoms. The fraction of sp³-hybridized carbons (Fsp3) is 0.0833. The minimum atomic E-state index is -0.676. The van der Waals surface area contributed by atoms with E-state index in [0.29, 0.717) is 10.9 Å². The number of hydrogen-bond donors (Lipinski definition) is 2. The molecule has 0 bridgehead atoms. The highest BCUT2D eigenvalue weighted by Gasteiger charge is 2.25. The molecule has 1 heterocycles. The molecule has 0 saturated carbocycles. The number of rotatable bonds is 5. The normalized spacial score (nSPS) is 11.7. The summed E-state index contributed by atoms with van der Waals surface area (Å²) in [6, 6.07) is 24.2. The van der Waals surface area contributed by atoms with Gasteiger partial charge in [-0.05, 0) is 23.8 Å². The Kier molecular flexibility index (Phi) is 6.82. The number of para-hydroxylation sites is 1. The lowest BCUT2D eigenvalue weighted by atomic mass is 10.1. The highest BCUT2D eigenvalue weighted by Crippen LogP contribution is 2.38. The SMILES string of the molecule is CNC(=O)NC(=O)[C@H](Sc1nc(-c2ccc(Br)cc2)nc2ccccc12)c1ccccc1. The summed E-state index contributed by atoms with van der Waals surface area (Å²) in [6.07, 6.45) is 0. The summed E-state index contributed by atoms with van der Waals surface area (Å²) >= 11 is 4.74. The van der Waals surface area contributed by atoms with Crippen molar-refractivity contribution in [3.8, 4) is 11.4 Å². The summed E-state index contributed by atoms with van der Waals surface area (Å²) in [5, 5.41) is 5.64. The zero-order valence-corrected chi connectivity index (χ0v) is 19.5. The lowest BCUT2D eigenvalue weighted by Crippen LogP contribution is -2.39. The van der Waals surface area contributed by atoms with E-state index >= 15 is 0 Å². The zero-order chi connectivity index (χ0) is 22.5. The molecule has 0 aliphatic rings. The molecule has 1 atom stereocenters. The summed E-state index contributed by atoms with van der Waals surface area (Å²) in [6.45, 7) is 0. The van der Waals surface area contributed by atoms with Gasteiger partial charge in [0, 0.05) is 22.5 Å². The lowest BCUT2D eigenvalue weighted by molar-refractivity contribution is -0.119.